The van der Waals surface area contributed by atoms with Crippen molar-refractivity contribution < 1.29 is 19.8 Å². The highest BCUT2D eigenvalue weighted by atomic mass is 16.4. The molecular weight excluding hydrogens is 184 g/mol. The van der Waals surface area contributed by atoms with Crippen LogP contribution in [0, 0.1) is 0 Å². The molecule has 0 fully saturated rings. The molecule has 0 bridgehead atoms. The predicted molar refractivity (Wildman–Crippen MR) is 49.8 cm³/mol. The first-order chi connectivity index (χ1) is 6.50. The second-order valence-corrected chi connectivity index (χ2v) is 3.03. The third-order valence-electron chi connectivity index (χ3n) is 1.88. The number of rotatable bonds is 2. The molecule has 0 spiro atoms. The zero-order chi connectivity index (χ0) is 10.7. The summed E-state index contributed by atoms with van der Waals surface area (Å²) >= 11 is 0. The number of carboxylic acid groups (broad SMARTS) is 2. The van der Waals surface area contributed by atoms with Crippen molar-refractivity contribution in [2.75, 3.05) is 0 Å². The predicted octanol–water partition coefficient (Wildman–Crippen LogP) is 1.36. The van der Waals surface area contributed by atoms with Gasteiger partial charge in [-0.2, -0.15) is 0 Å². The van der Waals surface area contributed by atoms with E-state index in [1.807, 2.05) is 0 Å². The number of hydrogen-bond donors (Lipinski definition) is 2. The summed E-state index contributed by atoms with van der Waals surface area (Å²) in [5, 5.41) is 17.5. The van der Waals surface area contributed by atoms with Crippen molar-refractivity contribution in [2.45, 2.75) is 13.3 Å². The molecule has 0 aromatic rings. The van der Waals surface area contributed by atoms with Gasteiger partial charge in [-0.05, 0) is 25.5 Å². The second kappa shape index (κ2) is 3.91. The van der Waals surface area contributed by atoms with Gasteiger partial charge in [0.05, 0.1) is 5.57 Å². The van der Waals surface area contributed by atoms with Crippen molar-refractivity contribution >= 4 is 11.9 Å². The summed E-state index contributed by atoms with van der Waals surface area (Å²) < 4.78 is 0. The minimum Gasteiger partial charge on any atom is -0.478 e. The van der Waals surface area contributed by atoms with Gasteiger partial charge in [-0.25, -0.2) is 9.59 Å². The minimum atomic E-state index is -1.11. The van der Waals surface area contributed by atoms with E-state index >= 15 is 0 Å². The Morgan fingerprint density at radius 2 is 1.86 bits per heavy atom. The number of allylic oxidation sites excluding steroid dienone is 3. The fourth-order valence-corrected chi connectivity index (χ4v) is 1.14. The zero-order valence-electron chi connectivity index (χ0n) is 7.65. The maximum Gasteiger partial charge on any atom is 0.335 e. The molecule has 1 rings (SSSR count). The lowest BCUT2D eigenvalue weighted by Crippen LogP contribution is -2.03. The van der Waals surface area contributed by atoms with Crippen LogP contribution >= 0.6 is 0 Å². The Morgan fingerprint density at radius 1 is 1.21 bits per heavy atom. The van der Waals surface area contributed by atoms with E-state index in [1.54, 1.807) is 13.0 Å². The molecule has 2 N–H and O–H groups in total. The van der Waals surface area contributed by atoms with E-state index in [2.05, 4.69) is 0 Å². The highest BCUT2D eigenvalue weighted by molar-refractivity contribution is 5.95. The summed E-state index contributed by atoms with van der Waals surface area (Å²) in [7, 11) is 0. The highest BCUT2D eigenvalue weighted by Gasteiger charge is 2.13. The van der Waals surface area contributed by atoms with Crippen LogP contribution in [0.25, 0.3) is 0 Å². The van der Waals surface area contributed by atoms with Crippen LogP contribution in [0.1, 0.15) is 13.3 Å². The first-order valence-electron chi connectivity index (χ1n) is 4.06. The molecule has 1 aliphatic carbocycles. The highest BCUT2D eigenvalue weighted by Crippen LogP contribution is 2.16. The first-order valence-corrected chi connectivity index (χ1v) is 4.06. The first kappa shape index (κ1) is 10.2. The van der Waals surface area contributed by atoms with E-state index in [9.17, 15) is 9.59 Å². The largest absolute Gasteiger partial charge is 0.478 e. The molecule has 0 saturated carbocycles. The number of carboxylic acids is 2. The lowest BCUT2D eigenvalue weighted by atomic mass is 10.1. The van der Waals surface area contributed by atoms with E-state index in [1.165, 1.54) is 12.2 Å². The molecule has 1 aliphatic rings. The Kier molecular flexibility index (Phi) is 2.86. The third-order valence-corrected chi connectivity index (χ3v) is 1.88. The standard InChI is InChI=1S/C10H10O4/c1-6-2-3-7(9(11)12)5-8(4-6)10(13)14/h2,4-5H,3H2,1H3,(H,11,12)(H,13,14). The lowest BCUT2D eigenvalue weighted by molar-refractivity contribution is -0.132. The van der Waals surface area contributed by atoms with Gasteiger partial charge < -0.3 is 10.2 Å². The Hall–Kier alpha value is -1.84. The number of hydrogen-bond acceptors (Lipinski definition) is 2. The second-order valence-electron chi connectivity index (χ2n) is 3.03. The Morgan fingerprint density at radius 3 is 2.36 bits per heavy atom. The summed E-state index contributed by atoms with van der Waals surface area (Å²) in [6.45, 7) is 1.74. The average Bonchev–Trinajstić information content (AvgIpc) is 2.26. The van der Waals surface area contributed by atoms with Gasteiger partial charge in [0.2, 0.25) is 0 Å². The Balaban J connectivity index is 3.12. The van der Waals surface area contributed by atoms with Crippen molar-refractivity contribution in [3.8, 4) is 0 Å². The summed E-state index contributed by atoms with van der Waals surface area (Å²) in [6, 6.07) is 0. The van der Waals surface area contributed by atoms with Crippen molar-refractivity contribution in [2.24, 2.45) is 0 Å². The normalized spacial score (nSPS) is 16.2. The summed E-state index contributed by atoms with van der Waals surface area (Å²) in [5.74, 6) is -2.19. The molecule has 0 radical (unpaired) electrons. The summed E-state index contributed by atoms with van der Waals surface area (Å²) in [4.78, 5) is 21.4. The van der Waals surface area contributed by atoms with E-state index in [0.29, 0.717) is 0 Å². The molecule has 0 atom stereocenters. The van der Waals surface area contributed by atoms with E-state index in [0.717, 1.165) is 5.57 Å². The molecule has 0 aromatic carbocycles. The maximum atomic E-state index is 10.7. The van der Waals surface area contributed by atoms with Crippen LogP contribution in [0.4, 0.5) is 0 Å². The van der Waals surface area contributed by atoms with Crippen LogP contribution in [0.3, 0.4) is 0 Å². The monoisotopic (exact) mass is 194 g/mol. The SMILES string of the molecule is CC1=CCC(C(=O)O)=CC(C(=O)O)=C1. The lowest BCUT2D eigenvalue weighted by Gasteiger charge is -1.96. The van der Waals surface area contributed by atoms with Crippen LogP contribution in [-0.4, -0.2) is 22.2 Å². The molecule has 0 amide bonds. The van der Waals surface area contributed by atoms with E-state index < -0.39 is 11.9 Å². The molecule has 74 valence electrons. The molecule has 0 saturated heterocycles. The van der Waals surface area contributed by atoms with Gasteiger partial charge >= 0.3 is 11.9 Å². The van der Waals surface area contributed by atoms with Gasteiger partial charge in [-0.1, -0.05) is 11.6 Å². The van der Waals surface area contributed by atoms with Crippen LogP contribution < -0.4 is 0 Å². The zero-order valence-corrected chi connectivity index (χ0v) is 7.65. The molecule has 4 nitrogen and oxygen atoms in total. The molecule has 0 unspecified atom stereocenters. The average molecular weight is 194 g/mol. The molecule has 0 aliphatic heterocycles. The smallest absolute Gasteiger partial charge is 0.335 e. The summed E-state index contributed by atoms with van der Waals surface area (Å²) in [5.41, 5.74) is 0.860. The number of carbonyl (C=O) groups is 2. The van der Waals surface area contributed by atoms with Crippen molar-refractivity contribution in [3.05, 3.63) is 34.9 Å². The van der Waals surface area contributed by atoms with E-state index in [4.69, 9.17) is 10.2 Å². The maximum absolute atomic E-state index is 10.7. The van der Waals surface area contributed by atoms with Gasteiger partial charge in [0.25, 0.3) is 0 Å². The Labute approximate surface area is 80.9 Å². The number of aliphatic carboxylic acids is 2. The molecule has 4 heteroatoms. The van der Waals surface area contributed by atoms with Gasteiger partial charge in [0, 0.05) is 5.57 Å². The van der Waals surface area contributed by atoms with Gasteiger partial charge in [0.1, 0.15) is 0 Å². The third kappa shape index (κ3) is 2.32. The fourth-order valence-electron chi connectivity index (χ4n) is 1.14. The van der Waals surface area contributed by atoms with Crippen molar-refractivity contribution in [1.82, 2.24) is 0 Å². The van der Waals surface area contributed by atoms with Gasteiger partial charge in [-0.3, -0.25) is 0 Å². The van der Waals surface area contributed by atoms with Gasteiger partial charge in [-0.15, -0.1) is 0 Å². The molecule has 0 heterocycles. The van der Waals surface area contributed by atoms with Crippen molar-refractivity contribution in [3.63, 3.8) is 0 Å². The van der Waals surface area contributed by atoms with Crippen LogP contribution in [0.2, 0.25) is 0 Å². The van der Waals surface area contributed by atoms with Crippen molar-refractivity contribution in [1.29, 1.82) is 0 Å². The molecular formula is C10H10O4. The molecule has 14 heavy (non-hydrogen) atoms. The summed E-state index contributed by atoms with van der Waals surface area (Å²) in [6.07, 6.45) is 4.60. The molecule has 0 aromatic heterocycles. The van der Waals surface area contributed by atoms with Crippen LogP contribution in [0.5, 0.6) is 0 Å². The fraction of sp³-hybridized carbons (Fsp3) is 0.200. The van der Waals surface area contributed by atoms with Crippen LogP contribution in [-0.2, 0) is 9.59 Å². The minimum absolute atomic E-state index is 0.00801. The van der Waals surface area contributed by atoms with Crippen LogP contribution in [0.15, 0.2) is 34.9 Å². The Bertz CT molecular complexity index is 372. The quantitative estimate of drug-likeness (QED) is 0.695. The van der Waals surface area contributed by atoms with E-state index in [-0.39, 0.29) is 17.6 Å². The topological polar surface area (TPSA) is 74.6 Å². The van der Waals surface area contributed by atoms with Gasteiger partial charge in [0.15, 0.2) is 0 Å².